The number of carbonyl (C=O) groups is 2. The summed E-state index contributed by atoms with van der Waals surface area (Å²) in [5.74, 6) is 0.365. The number of amides is 1. The number of nitrogens with one attached hydrogen (secondary N) is 1. The van der Waals surface area contributed by atoms with Crippen LogP contribution in [-0.4, -0.2) is 17.4 Å². The molecule has 0 spiro atoms. The van der Waals surface area contributed by atoms with Gasteiger partial charge in [-0.25, -0.2) is 0 Å². The van der Waals surface area contributed by atoms with E-state index < -0.39 is 0 Å². The van der Waals surface area contributed by atoms with E-state index >= 15 is 0 Å². The van der Waals surface area contributed by atoms with E-state index in [9.17, 15) is 9.59 Å². The van der Waals surface area contributed by atoms with E-state index in [0.717, 1.165) is 28.1 Å². The molecule has 1 N–H and O–H groups in total. The van der Waals surface area contributed by atoms with Crippen LogP contribution in [0.2, 0.25) is 0 Å². The van der Waals surface area contributed by atoms with Crippen LogP contribution in [0.5, 0.6) is 0 Å². The Balaban J connectivity index is 1.19. The summed E-state index contributed by atoms with van der Waals surface area (Å²) >= 11 is 1.51. The van der Waals surface area contributed by atoms with Crippen molar-refractivity contribution < 1.29 is 9.59 Å². The predicted octanol–water partition coefficient (Wildman–Crippen LogP) is 6.79. The lowest BCUT2D eigenvalue weighted by atomic mass is 10.0. The lowest BCUT2D eigenvalue weighted by Crippen LogP contribution is -2.11. The van der Waals surface area contributed by atoms with Gasteiger partial charge in [0.25, 0.3) is 5.91 Å². The minimum atomic E-state index is -0.131. The number of fused-ring (bicyclic) bond motifs is 3. The summed E-state index contributed by atoms with van der Waals surface area (Å²) < 4.78 is 0. The summed E-state index contributed by atoms with van der Waals surface area (Å²) in [5, 5.41) is 2.92. The summed E-state index contributed by atoms with van der Waals surface area (Å²) in [4.78, 5) is 26.2. The Bertz CT molecular complexity index is 1360. The third kappa shape index (κ3) is 4.62. The number of rotatable bonds is 6. The van der Waals surface area contributed by atoms with Crippen LogP contribution in [0.4, 0.5) is 5.69 Å². The fourth-order valence-corrected chi connectivity index (χ4v) is 4.97. The molecular formula is C29H23NO2S. The Morgan fingerprint density at radius 3 is 2.39 bits per heavy atom. The molecule has 0 atom stereocenters. The molecule has 1 amide bonds. The maximum atomic E-state index is 12.8. The molecule has 33 heavy (non-hydrogen) atoms. The van der Waals surface area contributed by atoms with Crippen molar-refractivity contribution in [1.82, 2.24) is 0 Å². The van der Waals surface area contributed by atoms with E-state index in [1.165, 1.54) is 34.0 Å². The fourth-order valence-electron chi connectivity index (χ4n) is 4.17. The Kier molecular flexibility index (Phi) is 5.84. The van der Waals surface area contributed by atoms with Crippen molar-refractivity contribution in [3.8, 4) is 11.1 Å². The van der Waals surface area contributed by atoms with Crippen LogP contribution in [0.15, 0.2) is 95.9 Å². The van der Waals surface area contributed by atoms with Gasteiger partial charge in [0, 0.05) is 21.7 Å². The number of aryl methyl sites for hydroxylation is 1. The minimum absolute atomic E-state index is 0.121. The van der Waals surface area contributed by atoms with Gasteiger partial charge in [0.05, 0.1) is 5.75 Å². The highest BCUT2D eigenvalue weighted by Crippen LogP contribution is 2.37. The van der Waals surface area contributed by atoms with Crippen molar-refractivity contribution in [2.75, 3.05) is 11.1 Å². The molecule has 0 aromatic heterocycles. The summed E-state index contributed by atoms with van der Waals surface area (Å²) in [6.07, 6.45) is 0.884. The molecule has 4 aromatic carbocycles. The van der Waals surface area contributed by atoms with Gasteiger partial charge in [-0.05, 0) is 78.1 Å². The third-order valence-electron chi connectivity index (χ3n) is 5.88. The molecular weight excluding hydrogens is 426 g/mol. The first-order valence-electron chi connectivity index (χ1n) is 10.9. The van der Waals surface area contributed by atoms with Gasteiger partial charge in [0.15, 0.2) is 5.78 Å². The van der Waals surface area contributed by atoms with Gasteiger partial charge in [-0.1, -0.05) is 54.1 Å². The highest BCUT2D eigenvalue weighted by atomic mass is 32.2. The lowest BCUT2D eigenvalue weighted by molar-refractivity contribution is 0.101. The monoisotopic (exact) mass is 449 g/mol. The van der Waals surface area contributed by atoms with Gasteiger partial charge in [-0.3, -0.25) is 9.59 Å². The number of hydrogen-bond acceptors (Lipinski definition) is 3. The molecule has 0 unspecified atom stereocenters. The minimum Gasteiger partial charge on any atom is -0.322 e. The number of benzene rings is 4. The molecule has 0 radical (unpaired) electrons. The van der Waals surface area contributed by atoms with Crippen LogP contribution in [-0.2, 0) is 6.42 Å². The molecule has 0 saturated carbocycles. The second-order valence-electron chi connectivity index (χ2n) is 8.27. The highest BCUT2D eigenvalue weighted by Gasteiger charge is 2.19. The summed E-state index contributed by atoms with van der Waals surface area (Å²) in [6, 6.07) is 29.6. The van der Waals surface area contributed by atoms with Crippen LogP contribution in [0, 0.1) is 6.92 Å². The zero-order chi connectivity index (χ0) is 22.8. The largest absolute Gasteiger partial charge is 0.322 e. The molecule has 0 saturated heterocycles. The number of Topliss-reactive ketones (excluding diaryl/α,β-unsaturated/α-hetero) is 1. The quantitative estimate of drug-likeness (QED) is 0.229. The Hall–Kier alpha value is -3.63. The second-order valence-corrected chi connectivity index (χ2v) is 9.31. The standard InChI is InChI=1S/C29H23NO2S/c1-19-5-4-7-22(15-19)29(32)30-24-10-12-25(13-11-24)33-18-28(31)21-9-14-27-23(17-21)16-20-6-2-3-8-26(20)27/h2-15,17H,16,18H2,1H3,(H,30,32). The zero-order valence-electron chi connectivity index (χ0n) is 18.3. The first-order chi connectivity index (χ1) is 16.1. The number of carbonyl (C=O) groups excluding carboxylic acids is 2. The van der Waals surface area contributed by atoms with Crippen molar-refractivity contribution in [1.29, 1.82) is 0 Å². The summed E-state index contributed by atoms with van der Waals surface area (Å²) in [5.41, 5.74) is 8.23. The summed E-state index contributed by atoms with van der Waals surface area (Å²) in [7, 11) is 0. The van der Waals surface area contributed by atoms with Gasteiger partial charge < -0.3 is 5.32 Å². The maximum absolute atomic E-state index is 12.8. The van der Waals surface area contributed by atoms with Gasteiger partial charge >= 0.3 is 0 Å². The van der Waals surface area contributed by atoms with Crippen molar-refractivity contribution in [2.45, 2.75) is 18.2 Å². The molecule has 4 aromatic rings. The van der Waals surface area contributed by atoms with E-state index in [4.69, 9.17) is 0 Å². The number of thioether (sulfide) groups is 1. The molecule has 162 valence electrons. The third-order valence-corrected chi connectivity index (χ3v) is 6.89. The van der Waals surface area contributed by atoms with Gasteiger partial charge in [-0.2, -0.15) is 0 Å². The van der Waals surface area contributed by atoms with Crippen LogP contribution in [0.1, 0.15) is 37.4 Å². The van der Waals surface area contributed by atoms with Crippen molar-refractivity contribution >= 4 is 29.1 Å². The second kappa shape index (κ2) is 9.08. The van der Waals surface area contributed by atoms with Crippen molar-refractivity contribution in [3.63, 3.8) is 0 Å². The van der Waals surface area contributed by atoms with E-state index in [2.05, 4.69) is 35.6 Å². The Labute approximate surface area is 197 Å². The van der Waals surface area contributed by atoms with Crippen molar-refractivity contribution in [3.05, 3.63) is 119 Å². The molecule has 1 aliphatic rings. The van der Waals surface area contributed by atoms with E-state index in [-0.39, 0.29) is 11.7 Å². The molecule has 4 heteroatoms. The lowest BCUT2D eigenvalue weighted by Gasteiger charge is -2.08. The van der Waals surface area contributed by atoms with Gasteiger partial charge in [0.1, 0.15) is 0 Å². The van der Waals surface area contributed by atoms with Crippen LogP contribution in [0.25, 0.3) is 11.1 Å². The molecule has 0 aliphatic heterocycles. The average Bonchev–Trinajstić information content (AvgIpc) is 3.21. The maximum Gasteiger partial charge on any atom is 0.255 e. The van der Waals surface area contributed by atoms with Crippen molar-refractivity contribution in [2.24, 2.45) is 0 Å². The predicted molar refractivity (Wildman–Crippen MR) is 135 cm³/mol. The zero-order valence-corrected chi connectivity index (χ0v) is 19.1. The van der Waals surface area contributed by atoms with Crippen LogP contribution in [0.3, 0.4) is 0 Å². The van der Waals surface area contributed by atoms with Crippen LogP contribution < -0.4 is 5.32 Å². The number of hydrogen-bond donors (Lipinski definition) is 1. The molecule has 5 rings (SSSR count). The molecule has 0 bridgehead atoms. The first-order valence-corrected chi connectivity index (χ1v) is 11.9. The molecule has 0 heterocycles. The smallest absolute Gasteiger partial charge is 0.255 e. The normalized spacial score (nSPS) is 11.5. The number of anilines is 1. The fraction of sp³-hybridized carbons (Fsp3) is 0.103. The topological polar surface area (TPSA) is 46.2 Å². The SMILES string of the molecule is Cc1cccc(C(=O)Nc2ccc(SCC(=O)c3ccc4c(c3)Cc3ccccc3-4)cc2)c1. The number of ketones is 1. The molecule has 1 aliphatic carbocycles. The first kappa shape index (κ1) is 21.2. The van der Waals surface area contributed by atoms with E-state index in [0.29, 0.717) is 11.3 Å². The Morgan fingerprint density at radius 1 is 0.788 bits per heavy atom. The molecule has 0 fully saturated rings. The van der Waals surface area contributed by atoms with E-state index in [1.807, 2.05) is 61.5 Å². The average molecular weight is 450 g/mol. The van der Waals surface area contributed by atoms with Gasteiger partial charge in [-0.15, -0.1) is 11.8 Å². The van der Waals surface area contributed by atoms with Gasteiger partial charge in [0.2, 0.25) is 0 Å². The van der Waals surface area contributed by atoms with Crippen LogP contribution >= 0.6 is 11.8 Å². The van der Waals surface area contributed by atoms with E-state index in [1.54, 1.807) is 6.07 Å². The molecule has 3 nitrogen and oxygen atoms in total. The Morgan fingerprint density at radius 2 is 1.58 bits per heavy atom. The summed E-state index contributed by atoms with van der Waals surface area (Å²) in [6.45, 7) is 1.96. The highest BCUT2D eigenvalue weighted by molar-refractivity contribution is 8.00.